The van der Waals surface area contributed by atoms with Crippen molar-refractivity contribution < 1.29 is 9.84 Å². The second-order valence-electron chi connectivity index (χ2n) is 3.48. The molecule has 0 spiro atoms. The van der Waals surface area contributed by atoms with Gasteiger partial charge in [-0.3, -0.25) is 4.90 Å². The number of aliphatic hydroxyl groups excluding tert-OH is 1. The second kappa shape index (κ2) is 10.4. The molecule has 0 unspecified atom stereocenters. The zero-order chi connectivity index (χ0) is 11.5. The third-order valence-corrected chi connectivity index (χ3v) is 2.38. The van der Waals surface area contributed by atoms with Gasteiger partial charge in [0.2, 0.25) is 0 Å². The molecule has 1 aliphatic rings. The minimum atomic E-state index is 0.128. The van der Waals surface area contributed by atoms with Gasteiger partial charge < -0.3 is 14.7 Å². The lowest BCUT2D eigenvalue weighted by Crippen LogP contribution is -2.45. The van der Waals surface area contributed by atoms with Crippen LogP contribution < -0.4 is 0 Å². The van der Waals surface area contributed by atoms with E-state index >= 15 is 0 Å². The maximum atomic E-state index is 8.49. The third kappa shape index (κ3) is 7.73. The van der Waals surface area contributed by atoms with E-state index in [0.717, 1.165) is 39.3 Å². The van der Waals surface area contributed by atoms with Crippen LogP contribution in [0.25, 0.3) is 0 Å². The highest BCUT2D eigenvalue weighted by molar-refractivity contribution is 4.68. The molecule has 0 aromatic rings. The van der Waals surface area contributed by atoms with Crippen LogP contribution in [0.15, 0.2) is 0 Å². The van der Waals surface area contributed by atoms with E-state index in [1.807, 2.05) is 13.8 Å². The topological polar surface area (TPSA) is 35.9 Å². The summed E-state index contributed by atoms with van der Waals surface area (Å²) in [5.74, 6) is 0. The van der Waals surface area contributed by atoms with E-state index in [1.165, 1.54) is 0 Å². The van der Waals surface area contributed by atoms with Gasteiger partial charge in [-0.1, -0.05) is 13.8 Å². The first-order valence-electron chi connectivity index (χ1n) is 5.92. The van der Waals surface area contributed by atoms with Gasteiger partial charge in [0.1, 0.15) is 0 Å². The number of aliphatic hydroxyl groups is 1. The molecule has 0 aromatic carbocycles. The van der Waals surface area contributed by atoms with E-state index in [9.17, 15) is 0 Å². The Labute approximate surface area is 93.8 Å². The molecule has 0 atom stereocenters. The lowest BCUT2D eigenvalue weighted by atomic mass is 10.3. The number of nitrogens with zero attached hydrogens (tertiary/aromatic N) is 2. The van der Waals surface area contributed by atoms with Crippen LogP contribution in [0.4, 0.5) is 0 Å². The Bertz CT molecular complexity index is 126. The normalized spacial score (nSPS) is 18.4. The predicted molar refractivity (Wildman–Crippen MR) is 63.2 cm³/mol. The highest BCUT2D eigenvalue weighted by Crippen LogP contribution is 1.97. The average Bonchev–Trinajstić information content (AvgIpc) is 2.30. The summed E-state index contributed by atoms with van der Waals surface area (Å²) in [7, 11) is 2.15. The summed E-state index contributed by atoms with van der Waals surface area (Å²) in [4.78, 5) is 4.74. The lowest BCUT2D eigenvalue weighted by Gasteiger charge is -2.32. The summed E-state index contributed by atoms with van der Waals surface area (Å²) in [5.41, 5.74) is 0. The fourth-order valence-corrected chi connectivity index (χ4v) is 1.43. The SMILES string of the molecule is CC.CN1CCN(CCOCCO)CC1. The predicted octanol–water partition coefficient (Wildman–Crippen LogP) is 0.269. The van der Waals surface area contributed by atoms with Crippen molar-refractivity contribution in [3.63, 3.8) is 0 Å². The summed E-state index contributed by atoms with van der Waals surface area (Å²) in [6.45, 7) is 10.9. The van der Waals surface area contributed by atoms with Crippen LogP contribution in [0, 0.1) is 0 Å². The van der Waals surface area contributed by atoms with Crippen LogP contribution in [0.3, 0.4) is 0 Å². The molecule has 0 radical (unpaired) electrons. The third-order valence-electron chi connectivity index (χ3n) is 2.38. The van der Waals surface area contributed by atoms with E-state index in [2.05, 4.69) is 16.8 Å². The molecule has 4 heteroatoms. The van der Waals surface area contributed by atoms with Crippen LogP contribution in [-0.4, -0.2) is 74.5 Å². The average molecular weight is 218 g/mol. The first-order valence-corrected chi connectivity index (χ1v) is 5.92. The molecule has 1 aliphatic heterocycles. The van der Waals surface area contributed by atoms with Crippen molar-refractivity contribution in [2.45, 2.75) is 13.8 Å². The van der Waals surface area contributed by atoms with Gasteiger partial charge in [-0.25, -0.2) is 0 Å². The highest BCUT2D eigenvalue weighted by Gasteiger charge is 2.12. The van der Waals surface area contributed by atoms with Crippen molar-refractivity contribution in [1.82, 2.24) is 9.80 Å². The first kappa shape index (κ1) is 14.8. The number of hydrogen-bond acceptors (Lipinski definition) is 4. The number of hydrogen-bond donors (Lipinski definition) is 1. The molecule has 1 heterocycles. The van der Waals surface area contributed by atoms with Crippen molar-refractivity contribution in [3.8, 4) is 0 Å². The molecule has 0 aliphatic carbocycles. The van der Waals surface area contributed by atoms with Crippen LogP contribution in [-0.2, 0) is 4.74 Å². The van der Waals surface area contributed by atoms with Crippen molar-refractivity contribution in [3.05, 3.63) is 0 Å². The van der Waals surface area contributed by atoms with Gasteiger partial charge in [-0.2, -0.15) is 0 Å². The standard InChI is InChI=1S/C9H20N2O2.C2H6/c1-10-2-4-11(5-3-10)6-8-13-9-7-12;1-2/h12H,2-9H2,1H3;1-2H3. The van der Waals surface area contributed by atoms with Gasteiger partial charge in [-0.15, -0.1) is 0 Å². The Balaban J connectivity index is 0.000000921. The minimum absolute atomic E-state index is 0.128. The largest absolute Gasteiger partial charge is 0.394 e. The van der Waals surface area contributed by atoms with Crippen LogP contribution in [0.5, 0.6) is 0 Å². The Morgan fingerprint density at radius 2 is 1.67 bits per heavy atom. The van der Waals surface area contributed by atoms with E-state index in [-0.39, 0.29) is 6.61 Å². The summed E-state index contributed by atoms with van der Waals surface area (Å²) in [6, 6.07) is 0. The molecule has 0 amide bonds. The monoisotopic (exact) mass is 218 g/mol. The first-order chi connectivity index (χ1) is 7.33. The molecule has 1 saturated heterocycles. The molecule has 92 valence electrons. The molecular formula is C11H26N2O2. The Kier molecular flexibility index (Phi) is 10.3. The Hall–Kier alpha value is -0.160. The van der Waals surface area contributed by atoms with Crippen LogP contribution in [0.2, 0.25) is 0 Å². The lowest BCUT2D eigenvalue weighted by molar-refractivity contribution is 0.0613. The van der Waals surface area contributed by atoms with E-state index < -0.39 is 0 Å². The molecule has 0 aromatic heterocycles. The van der Waals surface area contributed by atoms with Gasteiger partial charge in [-0.05, 0) is 7.05 Å². The maximum absolute atomic E-state index is 8.49. The van der Waals surface area contributed by atoms with Crippen molar-refractivity contribution in [2.75, 3.05) is 59.6 Å². The summed E-state index contributed by atoms with van der Waals surface area (Å²) < 4.78 is 5.21. The molecular weight excluding hydrogens is 192 g/mol. The smallest absolute Gasteiger partial charge is 0.0698 e. The zero-order valence-electron chi connectivity index (χ0n) is 10.4. The van der Waals surface area contributed by atoms with Crippen LogP contribution in [0.1, 0.15) is 13.8 Å². The Morgan fingerprint density at radius 3 is 2.20 bits per heavy atom. The maximum Gasteiger partial charge on any atom is 0.0698 e. The minimum Gasteiger partial charge on any atom is -0.394 e. The number of likely N-dealkylation sites (N-methyl/N-ethyl adjacent to an activating group) is 1. The molecule has 1 rings (SSSR count). The molecule has 4 nitrogen and oxygen atoms in total. The van der Waals surface area contributed by atoms with Gasteiger partial charge in [0.05, 0.1) is 19.8 Å². The highest BCUT2D eigenvalue weighted by atomic mass is 16.5. The molecule has 1 N–H and O–H groups in total. The van der Waals surface area contributed by atoms with Crippen LogP contribution >= 0.6 is 0 Å². The van der Waals surface area contributed by atoms with E-state index in [4.69, 9.17) is 9.84 Å². The molecule has 0 bridgehead atoms. The Morgan fingerprint density at radius 1 is 1.07 bits per heavy atom. The number of ether oxygens (including phenoxy) is 1. The number of piperazine rings is 1. The summed E-state index contributed by atoms with van der Waals surface area (Å²) in [6.07, 6.45) is 0. The van der Waals surface area contributed by atoms with Gasteiger partial charge in [0.25, 0.3) is 0 Å². The van der Waals surface area contributed by atoms with E-state index in [1.54, 1.807) is 0 Å². The van der Waals surface area contributed by atoms with Crippen molar-refractivity contribution in [2.24, 2.45) is 0 Å². The fraction of sp³-hybridized carbons (Fsp3) is 1.00. The van der Waals surface area contributed by atoms with Crippen molar-refractivity contribution in [1.29, 1.82) is 0 Å². The summed E-state index contributed by atoms with van der Waals surface area (Å²) >= 11 is 0. The van der Waals surface area contributed by atoms with Crippen molar-refractivity contribution >= 4 is 0 Å². The quantitative estimate of drug-likeness (QED) is 0.672. The zero-order valence-corrected chi connectivity index (χ0v) is 10.4. The second-order valence-corrected chi connectivity index (χ2v) is 3.48. The molecule has 1 fully saturated rings. The summed E-state index contributed by atoms with van der Waals surface area (Å²) in [5, 5.41) is 8.49. The van der Waals surface area contributed by atoms with Gasteiger partial charge in [0.15, 0.2) is 0 Å². The number of rotatable bonds is 5. The fourth-order valence-electron chi connectivity index (χ4n) is 1.43. The molecule has 15 heavy (non-hydrogen) atoms. The van der Waals surface area contributed by atoms with E-state index in [0.29, 0.717) is 6.61 Å². The van der Waals surface area contributed by atoms with Gasteiger partial charge in [0, 0.05) is 32.7 Å². The van der Waals surface area contributed by atoms with Gasteiger partial charge >= 0.3 is 0 Å². The molecule has 0 saturated carbocycles.